The molecular weight excluding hydrogens is 333 g/mol. The summed E-state index contributed by atoms with van der Waals surface area (Å²) in [4.78, 5) is 4.63. The molecule has 0 radical (unpaired) electrons. The number of rotatable bonds is 8. The van der Waals surface area contributed by atoms with Gasteiger partial charge in [-0.25, -0.2) is 0 Å². The van der Waals surface area contributed by atoms with Gasteiger partial charge in [-0.2, -0.15) is 0 Å². The van der Waals surface area contributed by atoms with Crippen LogP contribution in [0.1, 0.15) is 44.2 Å². The Kier molecular flexibility index (Phi) is 7.42. The third-order valence-corrected chi connectivity index (χ3v) is 6.01. The average Bonchev–Trinajstić information content (AvgIpc) is 2.58. The van der Waals surface area contributed by atoms with Crippen molar-refractivity contribution in [2.45, 2.75) is 44.9 Å². The molecule has 0 fully saturated rings. The molecule has 0 unspecified atom stereocenters. The van der Waals surface area contributed by atoms with Gasteiger partial charge < -0.3 is 0 Å². The molecule has 0 N–H and O–H groups in total. The van der Waals surface area contributed by atoms with Crippen molar-refractivity contribution in [1.82, 2.24) is 4.98 Å². The molecule has 1 aromatic carbocycles. The second kappa shape index (κ2) is 9.61. The summed E-state index contributed by atoms with van der Waals surface area (Å²) in [6.45, 7) is 4.50. The Bertz CT molecular complexity index is 590. The van der Waals surface area contributed by atoms with Gasteiger partial charge in [-0.05, 0) is 0 Å². The van der Waals surface area contributed by atoms with Gasteiger partial charge in [0.1, 0.15) is 0 Å². The molecule has 1 aromatic heterocycles. The summed E-state index contributed by atoms with van der Waals surface area (Å²) in [5.74, 6) is 0. The summed E-state index contributed by atoms with van der Waals surface area (Å²) in [6.07, 6.45) is 9.12. The van der Waals surface area contributed by atoms with Crippen LogP contribution >= 0.6 is 0 Å². The van der Waals surface area contributed by atoms with Gasteiger partial charge in [-0.3, -0.25) is 0 Å². The summed E-state index contributed by atoms with van der Waals surface area (Å²) < 4.78 is 1.30. The SMILES string of the molecule is CCCC/C(C)=C/Cc1cccnc1[Se]Cc1ccccc1. The van der Waals surface area contributed by atoms with Crippen LogP contribution in [-0.4, -0.2) is 19.9 Å². The molecule has 2 heteroatoms. The Labute approximate surface area is 141 Å². The predicted molar refractivity (Wildman–Crippen MR) is 96.8 cm³/mol. The molecule has 0 spiro atoms. The van der Waals surface area contributed by atoms with E-state index in [-0.39, 0.29) is 0 Å². The standard InChI is InChI=1S/C20H25NSe/c1-3-4-9-17(2)13-14-19-12-8-15-21-20(19)22-16-18-10-6-5-7-11-18/h5-8,10-13,15H,3-4,9,14,16H2,1-2H3/b17-13+. The molecule has 2 rings (SSSR count). The van der Waals surface area contributed by atoms with Crippen molar-refractivity contribution in [3.8, 4) is 0 Å². The summed E-state index contributed by atoms with van der Waals surface area (Å²) in [5, 5.41) is 1.12. The van der Waals surface area contributed by atoms with Crippen molar-refractivity contribution in [3.05, 3.63) is 71.4 Å². The molecule has 0 aliphatic rings. The van der Waals surface area contributed by atoms with E-state index in [1.807, 2.05) is 6.20 Å². The second-order valence-electron chi connectivity index (χ2n) is 5.60. The first-order chi connectivity index (χ1) is 10.8. The average molecular weight is 358 g/mol. The molecule has 0 bridgehead atoms. The first kappa shape index (κ1) is 17.0. The molecule has 0 aliphatic carbocycles. The second-order valence-corrected chi connectivity index (χ2v) is 7.62. The van der Waals surface area contributed by atoms with E-state index in [9.17, 15) is 0 Å². The van der Waals surface area contributed by atoms with Crippen molar-refractivity contribution >= 4 is 19.5 Å². The van der Waals surface area contributed by atoms with Gasteiger partial charge in [0, 0.05) is 0 Å². The van der Waals surface area contributed by atoms with Crippen LogP contribution in [0.15, 0.2) is 60.3 Å². The number of benzene rings is 1. The van der Waals surface area contributed by atoms with Gasteiger partial charge in [0.2, 0.25) is 0 Å². The normalized spacial score (nSPS) is 11.6. The van der Waals surface area contributed by atoms with Crippen LogP contribution in [0.5, 0.6) is 0 Å². The molecule has 116 valence electrons. The zero-order valence-electron chi connectivity index (χ0n) is 13.6. The molecule has 1 heterocycles. The van der Waals surface area contributed by atoms with Crippen molar-refractivity contribution in [3.63, 3.8) is 0 Å². The molecule has 0 aliphatic heterocycles. The molecule has 1 nitrogen and oxygen atoms in total. The maximum atomic E-state index is 4.63. The third kappa shape index (κ3) is 5.79. The first-order valence-corrected chi connectivity index (χ1v) is 10.1. The van der Waals surface area contributed by atoms with Gasteiger partial charge in [0.15, 0.2) is 0 Å². The van der Waals surface area contributed by atoms with Crippen molar-refractivity contribution in [1.29, 1.82) is 0 Å². The van der Waals surface area contributed by atoms with Crippen molar-refractivity contribution < 1.29 is 0 Å². The first-order valence-electron chi connectivity index (χ1n) is 8.06. The molecule has 0 amide bonds. The number of hydrogen-bond acceptors (Lipinski definition) is 1. The van der Waals surface area contributed by atoms with E-state index < -0.39 is 0 Å². The molecule has 22 heavy (non-hydrogen) atoms. The van der Waals surface area contributed by atoms with Crippen molar-refractivity contribution in [2.24, 2.45) is 0 Å². The molecule has 0 saturated heterocycles. The number of unbranched alkanes of at least 4 members (excludes halogenated alkanes) is 1. The fraction of sp³-hybridized carbons (Fsp3) is 0.350. The van der Waals surface area contributed by atoms with Crippen LogP contribution in [0, 0.1) is 0 Å². The number of allylic oxidation sites excluding steroid dienone is 2. The molecule has 2 aromatic rings. The molecule has 0 atom stereocenters. The van der Waals surface area contributed by atoms with E-state index >= 15 is 0 Å². The van der Waals surface area contributed by atoms with Crippen LogP contribution in [0.25, 0.3) is 0 Å². The third-order valence-electron chi connectivity index (χ3n) is 3.66. The Morgan fingerprint density at radius 2 is 1.95 bits per heavy atom. The minimum absolute atomic E-state index is 0.406. The van der Waals surface area contributed by atoms with E-state index in [0.717, 1.165) is 11.7 Å². The van der Waals surface area contributed by atoms with Crippen LogP contribution < -0.4 is 4.59 Å². The van der Waals surface area contributed by atoms with Crippen LogP contribution in [-0.2, 0) is 11.7 Å². The zero-order chi connectivity index (χ0) is 15.6. The van der Waals surface area contributed by atoms with E-state index in [4.69, 9.17) is 0 Å². The Hall–Kier alpha value is -1.37. The fourth-order valence-electron chi connectivity index (χ4n) is 2.28. The summed E-state index contributed by atoms with van der Waals surface area (Å²) in [6, 6.07) is 15.0. The zero-order valence-corrected chi connectivity index (χ0v) is 15.3. The molecule has 0 saturated carbocycles. The van der Waals surface area contributed by atoms with E-state index in [2.05, 4.69) is 67.4 Å². The van der Waals surface area contributed by atoms with Gasteiger partial charge >= 0.3 is 141 Å². The number of aromatic nitrogens is 1. The van der Waals surface area contributed by atoms with Gasteiger partial charge in [0.05, 0.1) is 0 Å². The topological polar surface area (TPSA) is 12.9 Å². The Morgan fingerprint density at radius 3 is 2.73 bits per heavy atom. The van der Waals surface area contributed by atoms with E-state index in [1.54, 1.807) is 0 Å². The monoisotopic (exact) mass is 359 g/mol. The Morgan fingerprint density at radius 1 is 1.14 bits per heavy atom. The summed E-state index contributed by atoms with van der Waals surface area (Å²) in [5.41, 5.74) is 4.32. The number of hydrogen-bond donors (Lipinski definition) is 0. The van der Waals surface area contributed by atoms with Gasteiger partial charge in [0.25, 0.3) is 0 Å². The fourth-order valence-corrected chi connectivity index (χ4v) is 4.31. The number of nitrogens with zero attached hydrogens (tertiary/aromatic N) is 1. The summed E-state index contributed by atoms with van der Waals surface area (Å²) in [7, 11) is 0. The maximum absolute atomic E-state index is 4.63. The predicted octanol–water partition coefficient (Wildman–Crippen LogP) is 4.29. The minimum atomic E-state index is 0.406. The van der Waals surface area contributed by atoms with Gasteiger partial charge in [-0.15, -0.1) is 0 Å². The van der Waals surface area contributed by atoms with E-state index in [1.165, 1.54) is 40.6 Å². The quantitative estimate of drug-likeness (QED) is 0.507. The van der Waals surface area contributed by atoms with Gasteiger partial charge in [-0.1, -0.05) is 0 Å². The number of pyridine rings is 1. The van der Waals surface area contributed by atoms with Crippen molar-refractivity contribution in [2.75, 3.05) is 0 Å². The summed E-state index contributed by atoms with van der Waals surface area (Å²) >= 11 is 0.406. The Balaban J connectivity index is 1.97. The van der Waals surface area contributed by atoms with Crippen LogP contribution in [0.3, 0.4) is 0 Å². The van der Waals surface area contributed by atoms with Crippen LogP contribution in [0.4, 0.5) is 0 Å². The molecular formula is C20H25NSe. The van der Waals surface area contributed by atoms with Crippen LogP contribution in [0.2, 0.25) is 0 Å². The van der Waals surface area contributed by atoms with E-state index in [0.29, 0.717) is 15.0 Å².